The van der Waals surface area contributed by atoms with E-state index in [0.29, 0.717) is 6.42 Å². The Bertz CT molecular complexity index is 1040. The molecule has 2 rings (SSSR count). The molecule has 0 heterocycles. The van der Waals surface area contributed by atoms with Gasteiger partial charge in [-0.1, -0.05) is 13.8 Å². The number of ketones is 4. The molecular formula is C24H30O8. The first-order chi connectivity index (χ1) is 14.7. The molecule has 0 spiro atoms. The molecule has 0 radical (unpaired) electrons. The van der Waals surface area contributed by atoms with Crippen LogP contribution in [-0.2, 0) is 19.2 Å². The molecule has 32 heavy (non-hydrogen) atoms. The lowest BCUT2D eigenvalue weighted by molar-refractivity contribution is -0.128. The molecule has 0 bridgehead atoms. The van der Waals surface area contributed by atoms with Gasteiger partial charge in [0.2, 0.25) is 0 Å². The number of hydrogen-bond acceptors (Lipinski definition) is 8. The monoisotopic (exact) mass is 446 g/mol. The predicted molar refractivity (Wildman–Crippen MR) is 116 cm³/mol. The third kappa shape index (κ3) is 3.67. The molecule has 174 valence electrons. The van der Waals surface area contributed by atoms with Crippen molar-refractivity contribution in [1.29, 1.82) is 0 Å². The van der Waals surface area contributed by atoms with E-state index in [1.54, 1.807) is 6.92 Å². The molecule has 0 atom stereocenters. The molecule has 4 N–H and O–H groups in total. The van der Waals surface area contributed by atoms with Crippen LogP contribution in [0.2, 0.25) is 0 Å². The fourth-order valence-corrected chi connectivity index (χ4v) is 3.89. The Hall–Kier alpha value is -3.16. The van der Waals surface area contributed by atoms with Gasteiger partial charge in [0.05, 0.1) is 10.8 Å². The van der Waals surface area contributed by atoms with Gasteiger partial charge < -0.3 is 20.4 Å². The lowest BCUT2D eigenvalue weighted by Crippen LogP contribution is -2.38. The Morgan fingerprint density at radius 2 is 1.09 bits per heavy atom. The van der Waals surface area contributed by atoms with Gasteiger partial charge in [0.25, 0.3) is 0 Å². The highest BCUT2D eigenvalue weighted by Gasteiger charge is 2.48. The molecule has 2 aliphatic rings. The van der Waals surface area contributed by atoms with Gasteiger partial charge in [-0.25, -0.2) is 0 Å². The van der Waals surface area contributed by atoms with Crippen LogP contribution in [0.25, 0.3) is 0 Å². The Balaban J connectivity index is 2.77. The molecular weight excluding hydrogens is 416 g/mol. The van der Waals surface area contributed by atoms with Gasteiger partial charge in [-0.05, 0) is 34.1 Å². The van der Waals surface area contributed by atoms with Gasteiger partial charge in [-0.15, -0.1) is 0 Å². The fourth-order valence-electron chi connectivity index (χ4n) is 3.89. The Morgan fingerprint density at radius 3 is 1.44 bits per heavy atom. The van der Waals surface area contributed by atoms with Crippen molar-refractivity contribution in [2.75, 3.05) is 0 Å². The first kappa shape index (κ1) is 25.1. The second-order valence-electron chi connectivity index (χ2n) is 9.14. The Kier molecular flexibility index (Phi) is 6.60. The van der Waals surface area contributed by atoms with Gasteiger partial charge in [0.1, 0.15) is 34.2 Å². The minimum absolute atomic E-state index is 0.00500. The van der Waals surface area contributed by atoms with Crippen LogP contribution in [0.15, 0.2) is 45.3 Å². The van der Waals surface area contributed by atoms with Crippen molar-refractivity contribution in [1.82, 2.24) is 0 Å². The lowest BCUT2D eigenvalue weighted by Gasteiger charge is -2.34. The summed E-state index contributed by atoms with van der Waals surface area (Å²) < 4.78 is 0. The molecule has 0 aromatic rings. The summed E-state index contributed by atoms with van der Waals surface area (Å²) in [5.41, 5.74) is -4.50. The van der Waals surface area contributed by atoms with Gasteiger partial charge in [-0.3, -0.25) is 19.2 Å². The summed E-state index contributed by atoms with van der Waals surface area (Å²) in [6.07, 6.45) is -0.134. The second-order valence-corrected chi connectivity index (χ2v) is 9.14. The number of hydrogen-bond donors (Lipinski definition) is 4. The highest BCUT2D eigenvalue weighted by molar-refractivity contribution is 6.25. The van der Waals surface area contributed by atoms with Crippen LogP contribution >= 0.6 is 0 Å². The highest BCUT2D eigenvalue weighted by Crippen LogP contribution is 2.45. The van der Waals surface area contributed by atoms with Crippen LogP contribution in [0.3, 0.4) is 0 Å². The van der Waals surface area contributed by atoms with E-state index in [2.05, 4.69) is 0 Å². The highest BCUT2D eigenvalue weighted by atomic mass is 16.3. The van der Waals surface area contributed by atoms with Crippen LogP contribution in [0, 0.1) is 10.8 Å². The van der Waals surface area contributed by atoms with Crippen LogP contribution in [-0.4, -0.2) is 43.6 Å². The maximum atomic E-state index is 12.8. The number of aliphatic hydroxyl groups is 4. The first-order valence-corrected chi connectivity index (χ1v) is 10.5. The average molecular weight is 446 g/mol. The summed E-state index contributed by atoms with van der Waals surface area (Å²) >= 11 is 0. The standard InChI is InChI=1S/C24H30O8/c1-7-9-14(26)16-18(28)12(20(30)24(5,6)22(16)32)10-11-17(27)15(13(25)8-2)21(31)23(3,4)19(11)29/h27-30H,7-10H2,1-6H3. The molecule has 0 aromatic heterocycles. The number of allylic oxidation sites excluding steroid dienone is 6. The number of carbonyl (C=O) groups excluding carboxylic acids is 4. The van der Waals surface area contributed by atoms with Crippen molar-refractivity contribution < 1.29 is 39.6 Å². The van der Waals surface area contributed by atoms with Crippen molar-refractivity contribution in [3.63, 3.8) is 0 Å². The van der Waals surface area contributed by atoms with Gasteiger partial charge in [-0.2, -0.15) is 0 Å². The molecule has 0 amide bonds. The van der Waals surface area contributed by atoms with E-state index in [1.807, 2.05) is 0 Å². The molecule has 0 aliphatic heterocycles. The van der Waals surface area contributed by atoms with Crippen molar-refractivity contribution in [3.05, 3.63) is 45.3 Å². The third-order valence-electron chi connectivity index (χ3n) is 6.10. The van der Waals surface area contributed by atoms with Crippen molar-refractivity contribution in [2.24, 2.45) is 10.8 Å². The zero-order chi connectivity index (χ0) is 24.8. The largest absolute Gasteiger partial charge is 0.511 e. The summed E-state index contributed by atoms with van der Waals surface area (Å²) in [5, 5.41) is 43.1. The molecule has 8 nitrogen and oxygen atoms in total. The van der Waals surface area contributed by atoms with E-state index in [1.165, 1.54) is 34.6 Å². The Morgan fingerprint density at radius 1 is 0.719 bits per heavy atom. The topological polar surface area (TPSA) is 149 Å². The molecule has 0 unspecified atom stereocenters. The maximum Gasteiger partial charge on any atom is 0.183 e. The quantitative estimate of drug-likeness (QED) is 0.425. The second kappa shape index (κ2) is 8.41. The third-order valence-corrected chi connectivity index (χ3v) is 6.10. The van der Waals surface area contributed by atoms with E-state index in [4.69, 9.17) is 0 Å². The summed E-state index contributed by atoms with van der Waals surface area (Å²) in [5.74, 6) is -5.25. The molecule has 0 saturated carbocycles. The predicted octanol–water partition coefficient (Wildman–Crippen LogP) is 4.19. The summed E-state index contributed by atoms with van der Waals surface area (Å²) in [4.78, 5) is 50.5. The molecule has 2 aliphatic carbocycles. The molecule has 0 saturated heterocycles. The summed E-state index contributed by atoms with van der Waals surface area (Å²) in [6.45, 7) is 8.80. The SMILES string of the molecule is CCCC(=O)C1=C(O)C(CC2=C(O)C(C)(C)C(=O)C(C(=O)CC)=C2O)=C(O)C(C)(C)C1=O. The summed E-state index contributed by atoms with van der Waals surface area (Å²) in [6, 6.07) is 0. The van der Waals surface area contributed by atoms with Gasteiger partial charge in [0, 0.05) is 30.4 Å². The zero-order valence-corrected chi connectivity index (χ0v) is 19.3. The first-order valence-electron chi connectivity index (χ1n) is 10.5. The van der Waals surface area contributed by atoms with E-state index < -0.39 is 74.6 Å². The van der Waals surface area contributed by atoms with E-state index in [-0.39, 0.29) is 24.0 Å². The van der Waals surface area contributed by atoms with Crippen molar-refractivity contribution in [3.8, 4) is 0 Å². The Labute approximate surface area is 186 Å². The van der Waals surface area contributed by atoms with Crippen molar-refractivity contribution >= 4 is 23.1 Å². The van der Waals surface area contributed by atoms with Gasteiger partial charge in [0.15, 0.2) is 23.1 Å². The zero-order valence-electron chi connectivity index (χ0n) is 19.3. The van der Waals surface area contributed by atoms with Crippen LogP contribution in [0.1, 0.15) is 67.2 Å². The van der Waals surface area contributed by atoms with Crippen LogP contribution in [0.4, 0.5) is 0 Å². The minimum Gasteiger partial charge on any atom is -0.511 e. The number of aliphatic hydroxyl groups excluding tert-OH is 4. The van der Waals surface area contributed by atoms with E-state index in [0.717, 1.165) is 0 Å². The number of carbonyl (C=O) groups is 4. The molecule has 0 fully saturated rings. The molecule has 8 heteroatoms. The average Bonchev–Trinajstić information content (AvgIpc) is 2.71. The van der Waals surface area contributed by atoms with Crippen molar-refractivity contribution in [2.45, 2.75) is 67.2 Å². The number of Topliss-reactive ketones (excluding diaryl/α,β-unsaturated/α-hetero) is 4. The van der Waals surface area contributed by atoms with E-state index >= 15 is 0 Å². The summed E-state index contributed by atoms with van der Waals surface area (Å²) in [7, 11) is 0. The minimum atomic E-state index is -1.54. The smallest absolute Gasteiger partial charge is 0.183 e. The maximum absolute atomic E-state index is 12.8. The fraction of sp³-hybridized carbons (Fsp3) is 0.500. The van der Waals surface area contributed by atoms with Gasteiger partial charge >= 0.3 is 0 Å². The number of rotatable bonds is 7. The lowest BCUT2D eigenvalue weighted by atomic mass is 9.70. The normalized spacial score (nSPS) is 20.9. The molecule has 0 aromatic carbocycles. The van der Waals surface area contributed by atoms with E-state index in [9.17, 15) is 39.6 Å². The van der Waals surface area contributed by atoms with Crippen LogP contribution < -0.4 is 0 Å². The van der Waals surface area contributed by atoms with Crippen LogP contribution in [0.5, 0.6) is 0 Å².